The standard InChI is InChI=1S/C9H8ClNO2/c10-7-3-1-2-6(9(7)11)4-5-8(12)13/h1-5H,11H2,(H,12,13). The lowest BCUT2D eigenvalue weighted by Gasteiger charge is -2.00. The van der Waals surface area contributed by atoms with Crippen molar-refractivity contribution >= 4 is 29.3 Å². The predicted molar refractivity (Wildman–Crippen MR) is 52.5 cm³/mol. The Morgan fingerprint density at radius 2 is 2.23 bits per heavy atom. The summed E-state index contributed by atoms with van der Waals surface area (Å²) in [6.45, 7) is 0. The Morgan fingerprint density at radius 1 is 1.54 bits per heavy atom. The lowest BCUT2D eigenvalue weighted by atomic mass is 10.1. The van der Waals surface area contributed by atoms with Crippen LogP contribution in [-0.2, 0) is 4.79 Å². The zero-order valence-corrected chi connectivity index (χ0v) is 7.45. The highest BCUT2D eigenvalue weighted by Gasteiger charge is 1.99. The predicted octanol–water partition coefficient (Wildman–Crippen LogP) is 2.02. The fraction of sp³-hybridized carbons (Fsp3) is 0. The molecule has 0 unspecified atom stereocenters. The third-order valence-corrected chi connectivity index (χ3v) is 1.82. The van der Waals surface area contributed by atoms with Crippen molar-refractivity contribution in [3.8, 4) is 0 Å². The van der Waals surface area contributed by atoms with Crippen LogP contribution in [0.2, 0.25) is 5.02 Å². The fourth-order valence-corrected chi connectivity index (χ4v) is 1.04. The van der Waals surface area contributed by atoms with Gasteiger partial charge in [-0.2, -0.15) is 0 Å². The fourth-order valence-electron chi connectivity index (χ4n) is 0.860. The molecule has 68 valence electrons. The number of halogens is 1. The summed E-state index contributed by atoms with van der Waals surface area (Å²) in [5.74, 6) is -1.01. The molecule has 0 atom stereocenters. The van der Waals surface area contributed by atoms with E-state index in [4.69, 9.17) is 22.4 Å². The Bertz CT molecular complexity index is 361. The van der Waals surface area contributed by atoms with Gasteiger partial charge in [0, 0.05) is 6.08 Å². The van der Waals surface area contributed by atoms with Gasteiger partial charge in [-0.1, -0.05) is 23.7 Å². The zero-order valence-electron chi connectivity index (χ0n) is 6.70. The van der Waals surface area contributed by atoms with E-state index in [2.05, 4.69) is 0 Å². The summed E-state index contributed by atoms with van der Waals surface area (Å²) in [5.41, 5.74) is 6.59. The number of carboxylic acid groups (broad SMARTS) is 1. The average molecular weight is 198 g/mol. The number of carboxylic acids is 1. The van der Waals surface area contributed by atoms with E-state index in [1.807, 2.05) is 0 Å². The van der Waals surface area contributed by atoms with E-state index in [9.17, 15) is 4.79 Å². The van der Waals surface area contributed by atoms with Crippen LogP contribution in [0.1, 0.15) is 5.56 Å². The maximum Gasteiger partial charge on any atom is 0.328 e. The number of anilines is 1. The van der Waals surface area contributed by atoms with E-state index in [1.165, 1.54) is 6.08 Å². The molecule has 0 amide bonds. The van der Waals surface area contributed by atoms with Gasteiger partial charge in [-0.15, -0.1) is 0 Å². The monoisotopic (exact) mass is 197 g/mol. The van der Waals surface area contributed by atoms with Gasteiger partial charge in [0.05, 0.1) is 10.7 Å². The van der Waals surface area contributed by atoms with Gasteiger partial charge < -0.3 is 10.8 Å². The van der Waals surface area contributed by atoms with Crippen molar-refractivity contribution in [2.24, 2.45) is 0 Å². The van der Waals surface area contributed by atoms with Gasteiger partial charge in [0.2, 0.25) is 0 Å². The molecule has 0 bridgehead atoms. The van der Waals surface area contributed by atoms with Crippen LogP contribution in [0, 0.1) is 0 Å². The van der Waals surface area contributed by atoms with Gasteiger partial charge in [-0.3, -0.25) is 0 Å². The number of benzene rings is 1. The van der Waals surface area contributed by atoms with E-state index < -0.39 is 5.97 Å². The minimum absolute atomic E-state index is 0.390. The number of aliphatic carboxylic acids is 1. The van der Waals surface area contributed by atoms with Crippen molar-refractivity contribution in [2.75, 3.05) is 5.73 Å². The molecule has 0 aliphatic heterocycles. The molecule has 0 saturated carbocycles. The Morgan fingerprint density at radius 3 is 2.85 bits per heavy atom. The maximum atomic E-state index is 10.2. The van der Waals surface area contributed by atoms with Crippen molar-refractivity contribution < 1.29 is 9.90 Å². The van der Waals surface area contributed by atoms with E-state index in [0.717, 1.165) is 6.08 Å². The molecule has 1 rings (SSSR count). The highest BCUT2D eigenvalue weighted by atomic mass is 35.5. The van der Waals surface area contributed by atoms with Crippen LogP contribution in [0.4, 0.5) is 5.69 Å². The van der Waals surface area contributed by atoms with Crippen LogP contribution in [0.15, 0.2) is 24.3 Å². The number of nitrogen functional groups attached to an aromatic ring is 1. The summed E-state index contributed by atoms with van der Waals surface area (Å²) in [6, 6.07) is 5.05. The van der Waals surface area contributed by atoms with Crippen molar-refractivity contribution in [1.82, 2.24) is 0 Å². The summed E-state index contributed by atoms with van der Waals surface area (Å²) >= 11 is 5.72. The molecule has 0 radical (unpaired) electrons. The molecule has 1 aromatic rings. The minimum Gasteiger partial charge on any atom is -0.478 e. The molecular weight excluding hydrogens is 190 g/mol. The van der Waals surface area contributed by atoms with Gasteiger partial charge in [0.25, 0.3) is 0 Å². The minimum atomic E-state index is -1.01. The van der Waals surface area contributed by atoms with Crippen LogP contribution in [-0.4, -0.2) is 11.1 Å². The molecule has 0 aliphatic rings. The summed E-state index contributed by atoms with van der Waals surface area (Å²) in [6.07, 6.45) is 2.42. The number of nitrogens with two attached hydrogens (primary N) is 1. The second kappa shape index (κ2) is 3.96. The van der Waals surface area contributed by atoms with Crippen LogP contribution in [0.5, 0.6) is 0 Å². The second-order valence-corrected chi connectivity index (χ2v) is 2.82. The summed E-state index contributed by atoms with van der Waals surface area (Å²) in [4.78, 5) is 10.2. The smallest absolute Gasteiger partial charge is 0.328 e. The van der Waals surface area contributed by atoms with Gasteiger partial charge in [-0.25, -0.2) is 4.79 Å². The lowest BCUT2D eigenvalue weighted by molar-refractivity contribution is -0.131. The van der Waals surface area contributed by atoms with Crippen molar-refractivity contribution in [1.29, 1.82) is 0 Å². The quantitative estimate of drug-likeness (QED) is 0.563. The third-order valence-electron chi connectivity index (χ3n) is 1.49. The Kier molecular flexibility index (Phi) is 2.93. The Balaban J connectivity index is 3.02. The first kappa shape index (κ1) is 9.61. The van der Waals surface area contributed by atoms with Crippen molar-refractivity contribution in [2.45, 2.75) is 0 Å². The normalized spacial score (nSPS) is 10.5. The SMILES string of the molecule is Nc1c(Cl)cccc1C=CC(=O)O. The lowest BCUT2D eigenvalue weighted by Crippen LogP contribution is -1.91. The number of para-hydroxylation sites is 1. The van der Waals surface area contributed by atoms with Crippen LogP contribution >= 0.6 is 11.6 Å². The topological polar surface area (TPSA) is 63.3 Å². The molecule has 3 nitrogen and oxygen atoms in total. The molecule has 13 heavy (non-hydrogen) atoms. The Hall–Kier alpha value is -1.48. The molecule has 0 aliphatic carbocycles. The molecule has 0 spiro atoms. The van der Waals surface area contributed by atoms with Gasteiger partial charge in [0.1, 0.15) is 0 Å². The van der Waals surface area contributed by atoms with Gasteiger partial charge in [0.15, 0.2) is 0 Å². The van der Waals surface area contributed by atoms with Crippen molar-refractivity contribution in [3.05, 3.63) is 34.9 Å². The van der Waals surface area contributed by atoms with E-state index >= 15 is 0 Å². The van der Waals surface area contributed by atoms with E-state index in [1.54, 1.807) is 18.2 Å². The maximum absolute atomic E-state index is 10.2. The summed E-state index contributed by atoms with van der Waals surface area (Å²) in [7, 11) is 0. The van der Waals surface area contributed by atoms with E-state index in [-0.39, 0.29) is 0 Å². The molecule has 0 aromatic heterocycles. The number of hydrogen-bond donors (Lipinski definition) is 2. The molecule has 0 heterocycles. The summed E-state index contributed by atoms with van der Waals surface area (Å²) in [5, 5.41) is 8.80. The molecule has 3 N–H and O–H groups in total. The van der Waals surface area contributed by atoms with E-state index in [0.29, 0.717) is 16.3 Å². The van der Waals surface area contributed by atoms with Crippen LogP contribution < -0.4 is 5.73 Å². The third kappa shape index (κ3) is 2.49. The largest absolute Gasteiger partial charge is 0.478 e. The van der Waals surface area contributed by atoms with Gasteiger partial charge in [-0.05, 0) is 17.7 Å². The first-order valence-electron chi connectivity index (χ1n) is 3.56. The highest BCUT2D eigenvalue weighted by Crippen LogP contribution is 2.23. The average Bonchev–Trinajstić information content (AvgIpc) is 2.07. The molecule has 4 heteroatoms. The Labute approximate surface area is 80.4 Å². The van der Waals surface area contributed by atoms with Gasteiger partial charge >= 0.3 is 5.97 Å². The molecule has 1 aromatic carbocycles. The number of hydrogen-bond acceptors (Lipinski definition) is 2. The molecule has 0 saturated heterocycles. The first-order valence-corrected chi connectivity index (χ1v) is 3.94. The van der Waals surface area contributed by atoms with Crippen LogP contribution in [0.3, 0.4) is 0 Å². The highest BCUT2D eigenvalue weighted by molar-refractivity contribution is 6.33. The summed E-state index contributed by atoms with van der Waals surface area (Å²) < 4.78 is 0. The molecule has 0 fully saturated rings. The zero-order chi connectivity index (χ0) is 9.84. The number of rotatable bonds is 2. The van der Waals surface area contributed by atoms with Crippen LogP contribution in [0.25, 0.3) is 6.08 Å². The molecular formula is C9H8ClNO2. The van der Waals surface area contributed by atoms with Crippen molar-refractivity contribution in [3.63, 3.8) is 0 Å². The number of carbonyl (C=O) groups is 1. The first-order chi connectivity index (χ1) is 6.11. The second-order valence-electron chi connectivity index (χ2n) is 2.41.